The van der Waals surface area contributed by atoms with Gasteiger partial charge in [-0.3, -0.25) is 9.59 Å². The number of carbonyl (C=O) groups excluding carboxylic acids is 2. The molecule has 0 saturated heterocycles. The SMILES string of the molecule is CC(=O)N1CCc2ccccc2[C@H]1CC(=O)N[C@H]1CCCc2occc21. The largest absolute Gasteiger partial charge is 0.469 e. The quantitative estimate of drug-likeness (QED) is 0.922. The maximum absolute atomic E-state index is 12.8. The Kier molecular flexibility index (Phi) is 4.53. The van der Waals surface area contributed by atoms with Crippen LogP contribution in [0.25, 0.3) is 0 Å². The molecule has 1 aliphatic heterocycles. The summed E-state index contributed by atoms with van der Waals surface area (Å²) in [5.74, 6) is 0.985. The van der Waals surface area contributed by atoms with Crippen LogP contribution >= 0.6 is 0 Å². The van der Waals surface area contributed by atoms with E-state index in [2.05, 4.69) is 11.4 Å². The molecule has 4 rings (SSSR count). The molecule has 2 aliphatic rings. The highest BCUT2D eigenvalue weighted by Gasteiger charge is 2.32. The van der Waals surface area contributed by atoms with Crippen molar-refractivity contribution < 1.29 is 14.0 Å². The zero-order valence-electron chi connectivity index (χ0n) is 15.0. The lowest BCUT2D eigenvalue weighted by molar-refractivity contribution is -0.133. The van der Waals surface area contributed by atoms with E-state index in [9.17, 15) is 9.59 Å². The van der Waals surface area contributed by atoms with Crippen molar-refractivity contribution in [2.75, 3.05) is 6.54 Å². The van der Waals surface area contributed by atoms with Gasteiger partial charge in [0.05, 0.1) is 24.8 Å². The number of aryl methyl sites for hydroxylation is 1. The number of nitrogens with zero attached hydrogens (tertiary/aromatic N) is 1. The molecule has 26 heavy (non-hydrogen) atoms. The van der Waals surface area contributed by atoms with Crippen molar-refractivity contribution in [2.45, 2.75) is 51.1 Å². The zero-order valence-corrected chi connectivity index (χ0v) is 15.0. The molecule has 136 valence electrons. The minimum absolute atomic E-state index is 0.00890. The molecule has 0 unspecified atom stereocenters. The van der Waals surface area contributed by atoms with E-state index in [1.165, 1.54) is 5.56 Å². The Morgan fingerprint density at radius 3 is 2.88 bits per heavy atom. The van der Waals surface area contributed by atoms with Crippen molar-refractivity contribution in [1.82, 2.24) is 10.2 Å². The summed E-state index contributed by atoms with van der Waals surface area (Å²) < 4.78 is 5.51. The van der Waals surface area contributed by atoms with Gasteiger partial charge < -0.3 is 14.6 Å². The molecule has 2 atom stereocenters. The standard InChI is InChI=1S/C21H24N2O3/c1-14(24)23-11-9-15-5-2-3-6-16(15)19(23)13-21(25)22-18-7-4-8-20-17(18)10-12-26-20/h2-3,5-6,10,12,18-19H,4,7-9,11,13H2,1H3,(H,22,25)/t18-,19+/m0/s1. The van der Waals surface area contributed by atoms with Gasteiger partial charge in [-0.1, -0.05) is 24.3 Å². The summed E-state index contributed by atoms with van der Waals surface area (Å²) in [6.45, 7) is 2.25. The smallest absolute Gasteiger partial charge is 0.222 e. The van der Waals surface area contributed by atoms with Crippen LogP contribution in [0.2, 0.25) is 0 Å². The highest BCUT2D eigenvalue weighted by molar-refractivity contribution is 5.80. The van der Waals surface area contributed by atoms with E-state index in [4.69, 9.17) is 4.42 Å². The Balaban J connectivity index is 1.52. The van der Waals surface area contributed by atoms with Crippen molar-refractivity contribution in [3.63, 3.8) is 0 Å². The number of carbonyl (C=O) groups is 2. The summed E-state index contributed by atoms with van der Waals surface area (Å²) in [7, 11) is 0. The molecule has 2 amide bonds. The van der Waals surface area contributed by atoms with Gasteiger partial charge in [-0.25, -0.2) is 0 Å². The zero-order chi connectivity index (χ0) is 18.1. The third kappa shape index (κ3) is 3.14. The predicted octanol–water partition coefficient (Wildman–Crippen LogP) is 3.31. The van der Waals surface area contributed by atoms with Gasteiger partial charge in [-0.2, -0.15) is 0 Å². The monoisotopic (exact) mass is 352 g/mol. The fourth-order valence-electron chi connectivity index (χ4n) is 4.31. The van der Waals surface area contributed by atoms with E-state index in [0.717, 1.165) is 42.6 Å². The van der Waals surface area contributed by atoms with E-state index < -0.39 is 0 Å². The van der Waals surface area contributed by atoms with Crippen molar-refractivity contribution in [3.05, 3.63) is 59.0 Å². The Labute approximate surface area is 153 Å². The Hall–Kier alpha value is -2.56. The fourth-order valence-corrected chi connectivity index (χ4v) is 4.31. The minimum atomic E-state index is -0.190. The summed E-state index contributed by atoms with van der Waals surface area (Å²) in [4.78, 5) is 26.7. The van der Waals surface area contributed by atoms with Gasteiger partial charge in [0.15, 0.2) is 0 Å². The molecule has 0 saturated carbocycles. The lowest BCUT2D eigenvalue weighted by atomic mass is 9.89. The molecule has 5 heteroatoms. The van der Waals surface area contributed by atoms with Crippen LogP contribution in [0.15, 0.2) is 41.0 Å². The number of amides is 2. The van der Waals surface area contributed by atoms with Crippen molar-refractivity contribution >= 4 is 11.8 Å². The number of hydrogen-bond donors (Lipinski definition) is 1. The van der Waals surface area contributed by atoms with Gasteiger partial charge in [-0.05, 0) is 36.5 Å². The van der Waals surface area contributed by atoms with E-state index in [-0.39, 0.29) is 23.9 Å². The second-order valence-corrected chi connectivity index (χ2v) is 7.19. The number of nitrogens with one attached hydrogen (secondary N) is 1. The number of furan rings is 1. The van der Waals surface area contributed by atoms with Crippen LogP contribution in [-0.2, 0) is 22.4 Å². The second-order valence-electron chi connectivity index (χ2n) is 7.19. The Morgan fingerprint density at radius 2 is 2.04 bits per heavy atom. The lowest BCUT2D eigenvalue weighted by Gasteiger charge is -2.37. The maximum Gasteiger partial charge on any atom is 0.222 e. The number of rotatable bonds is 3. The highest BCUT2D eigenvalue weighted by atomic mass is 16.3. The summed E-state index contributed by atoms with van der Waals surface area (Å²) in [6, 6.07) is 9.90. The summed E-state index contributed by atoms with van der Waals surface area (Å²) >= 11 is 0. The van der Waals surface area contributed by atoms with Gasteiger partial charge in [0, 0.05) is 25.5 Å². The molecule has 0 spiro atoms. The average molecular weight is 352 g/mol. The molecule has 2 heterocycles. The fraction of sp³-hybridized carbons (Fsp3) is 0.429. The van der Waals surface area contributed by atoms with Crippen LogP contribution in [0.4, 0.5) is 0 Å². The lowest BCUT2D eigenvalue weighted by Crippen LogP contribution is -2.41. The van der Waals surface area contributed by atoms with Crippen LogP contribution in [0, 0.1) is 0 Å². The average Bonchev–Trinajstić information content (AvgIpc) is 3.11. The van der Waals surface area contributed by atoms with Crippen LogP contribution in [0.1, 0.15) is 60.7 Å². The molecule has 0 radical (unpaired) electrons. The maximum atomic E-state index is 12.8. The van der Waals surface area contributed by atoms with Crippen LogP contribution in [0.5, 0.6) is 0 Å². The topological polar surface area (TPSA) is 62.6 Å². The molecule has 0 fully saturated rings. The second kappa shape index (κ2) is 6.98. The van der Waals surface area contributed by atoms with Crippen molar-refractivity contribution in [3.8, 4) is 0 Å². The number of hydrogen-bond acceptors (Lipinski definition) is 3. The first kappa shape index (κ1) is 16.9. The number of benzene rings is 1. The molecule has 1 aromatic carbocycles. The van der Waals surface area contributed by atoms with Crippen molar-refractivity contribution in [2.24, 2.45) is 0 Å². The first-order valence-electron chi connectivity index (χ1n) is 9.34. The molecular formula is C21H24N2O3. The van der Waals surface area contributed by atoms with E-state index >= 15 is 0 Å². The summed E-state index contributed by atoms with van der Waals surface area (Å²) in [5.41, 5.74) is 3.42. The molecule has 1 aliphatic carbocycles. The van der Waals surface area contributed by atoms with E-state index in [1.807, 2.05) is 29.2 Å². The molecule has 1 aromatic heterocycles. The predicted molar refractivity (Wildman–Crippen MR) is 97.4 cm³/mol. The molecular weight excluding hydrogens is 328 g/mol. The van der Waals surface area contributed by atoms with Gasteiger partial charge >= 0.3 is 0 Å². The molecule has 2 aromatic rings. The molecule has 0 bridgehead atoms. The minimum Gasteiger partial charge on any atom is -0.469 e. The summed E-state index contributed by atoms with van der Waals surface area (Å²) in [6.07, 6.45) is 5.70. The first-order chi connectivity index (χ1) is 12.6. The van der Waals surface area contributed by atoms with Crippen LogP contribution in [0.3, 0.4) is 0 Å². The third-order valence-electron chi connectivity index (χ3n) is 5.58. The van der Waals surface area contributed by atoms with Gasteiger partial charge in [0.2, 0.25) is 11.8 Å². The number of fused-ring (bicyclic) bond motifs is 2. The van der Waals surface area contributed by atoms with Crippen LogP contribution in [-0.4, -0.2) is 23.3 Å². The van der Waals surface area contributed by atoms with Gasteiger partial charge in [0.1, 0.15) is 5.76 Å². The Bertz CT molecular complexity index is 826. The molecule has 5 nitrogen and oxygen atoms in total. The Morgan fingerprint density at radius 1 is 1.19 bits per heavy atom. The van der Waals surface area contributed by atoms with Crippen LogP contribution < -0.4 is 5.32 Å². The van der Waals surface area contributed by atoms with E-state index in [0.29, 0.717) is 13.0 Å². The van der Waals surface area contributed by atoms with Gasteiger partial charge in [0.25, 0.3) is 0 Å². The highest BCUT2D eigenvalue weighted by Crippen LogP contribution is 2.34. The van der Waals surface area contributed by atoms with E-state index in [1.54, 1.807) is 13.2 Å². The normalized spacial score (nSPS) is 21.7. The first-order valence-corrected chi connectivity index (χ1v) is 9.34. The van der Waals surface area contributed by atoms with Gasteiger partial charge in [-0.15, -0.1) is 0 Å². The van der Waals surface area contributed by atoms with Crippen molar-refractivity contribution in [1.29, 1.82) is 0 Å². The summed E-state index contributed by atoms with van der Waals surface area (Å²) in [5, 5.41) is 3.16. The molecule has 1 N–H and O–H groups in total. The third-order valence-corrected chi connectivity index (χ3v) is 5.58.